The Morgan fingerprint density at radius 1 is 1.04 bits per heavy atom. The summed E-state index contributed by atoms with van der Waals surface area (Å²) in [6.45, 7) is 1.08. The third-order valence-corrected chi connectivity index (χ3v) is 3.83. The molecular weight excluding hydrogens is 334 g/mol. The molecule has 7 nitrogen and oxygen atoms in total. The molecule has 2 amide bonds. The fourth-order valence-corrected chi connectivity index (χ4v) is 2.55. The van der Waals surface area contributed by atoms with Gasteiger partial charge in [-0.3, -0.25) is 9.59 Å². The molecule has 3 rings (SSSR count). The van der Waals surface area contributed by atoms with Crippen molar-refractivity contribution >= 4 is 23.2 Å². The number of hydrogen-bond acceptors (Lipinski definition) is 5. The number of rotatable bonds is 5. The monoisotopic (exact) mass is 355 g/mol. The van der Waals surface area contributed by atoms with Crippen molar-refractivity contribution in [3.63, 3.8) is 0 Å². The van der Waals surface area contributed by atoms with Crippen LogP contribution in [0.2, 0.25) is 0 Å². The number of fused-ring (bicyclic) bond motifs is 1. The molecule has 26 heavy (non-hydrogen) atoms. The van der Waals surface area contributed by atoms with Gasteiger partial charge in [-0.25, -0.2) is 0 Å². The van der Waals surface area contributed by atoms with E-state index < -0.39 is 0 Å². The van der Waals surface area contributed by atoms with E-state index in [4.69, 9.17) is 9.47 Å². The highest BCUT2D eigenvalue weighted by atomic mass is 16.6. The van der Waals surface area contributed by atoms with Gasteiger partial charge in [-0.05, 0) is 36.4 Å². The molecule has 0 atom stereocenters. The van der Waals surface area contributed by atoms with Gasteiger partial charge in [0.25, 0.3) is 5.91 Å². The summed E-state index contributed by atoms with van der Waals surface area (Å²) in [5.74, 6) is 1.01. The Labute approximate surface area is 151 Å². The molecule has 2 aromatic carbocycles. The van der Waals surface area contributed by atoms with Gasteiger partial charge in [0, 0.05) is 25.3 Å². The number of carbonyl (C=O) groups excluding carboxylic acids is 2. The molecule has 1 heterocycles. The van der Waals surface area contributed by atoms with E-state index >= 15 is 0 Å². The van der Waals surface area contributed by atoms with Gasteiger partial charge in [-0.1, -0.05) is 6.07 Å². The molecule has 2 aromatic rings. The molecule has 0 spiro atoms. The van der Waals surface area contributed by atoms with E-state index in [1.54, 1.807) is 38.4 Å². The minimum absolute atomic E-state index is 0.0815. The summed E-state index contributed by atoms with van der Waals surface area (Å²) < 4.78 is 11.1. The number of ether oxygens (including phenoxy) is 2. The highest BCUT2D eigenvalue weighted by Crippen LogP contribution is 2.37. The molecule has 0 saturated heterocycles. The SMILES string of the molecule is CN(C)C(=O)c1ccc(NC(=O)CNc2cccc3c2OCCO3)cc1. The predicted octanol–water partition coefficient (Wildman–Crippen LogP) is 2.21. The van der Waals surface area contributed by atoms with E-state index in [0.29, 0.717) is 41.7 Å². The summed E-state index contributed by atoms with van der Waals surface area (Å²) >= 11 is 0. The number of amides is 2. The van der Waals surface area contributed by atoms with Gasteiger partial charge in [-0.2, -0.15) is 0 Å². The summed E-state index contributed by atoms with van der Waals surface area (Å²) in [5, 5.41) is 5.85. The summed E-state index contributed by atoms with van der Waals surface area (Å²) in [5.41, 5.74) is 1.91. The molecule has 7 heteroatoms. The Hall–Kier alpha value is -3.22. The van der Waals surface area contributed by atoms with E-state index in [-0.39, 0.29) is 18.4 Å². The number of carbonyl (C=O) groups is 2. The first-order valence-corrected chi connectivity index (χ1v) is 8.28. The van der Waals surface area contributed by atoms with Crippen LogP contribution in [-0.4, -0.2) is 50.6 Å². The second-order valence-electron chi connectivity index (χ2n) is 6.01. The molecule has 0 bridgehead atoms. The van der Waals surface area contributed by atoms with Crippen LogP contribution in [0.25, 0.3) is 0 Å². The predicted molar refractivity (Wildman–Crippen MR) is 99.0 cm³/mol. The summed E-state index contributed by atoms with van der Waals surface area (Å²) in [6, 6.07) is 12.3. The third-order valence-electron chi connectivity index (χ3n) is 3.83. The highest BCUT2D eigenvalue weighted by molar-refractivity contribution is 5.96. The van der Waals surface area contributed by atoms with E-state index in [2.05, 4.69) is 10.6 Å². The van der Waals surface area contributed by atoms with Crippen molar-refractivity contribution in [2.75, 3.05) is 44.5 Å². The molecular formula is C19H21N3O4. The van der Waals surface area contributed by atoms with Crippen LogP contribution in [0.4, 0.5) is 11.4 Å². The van der Waals surface area contributed by atoms with Crippen molar-refractivity contribution in [1.82, 2.24) is 4.90 Å². The maximum atomic E-state index is 12.2. The van der Waals surface area contributed by atoms with E-state index in [1.165, 1.54) is 4.90 Å². The molecule has 0 unspecified atom stereocenters. The van der Waals surface area contributed by atoms with Crippen LogP contribution >= 0.6 is 0 Å². The quantitative estimate of drug-likeness (QED) is 0.860. The van der Waals surface area contributed by atoms with Gasteiger partial charge in [0.15, 0.2) is 11.5 Å². The standard InChI is InChI=1S/C19H21N3O4/c1-22(2)19(24)13-6-8-14(9-7-13)21-17(23)12-20-15-4-3-5-16-18(15)26-11-10-25-16/h3-9,20H,10-12H2,1-2H3,(H,21,23). The normalized spacial score (nSPS) is 12.2. The Morgan fingerprint density at radius 3 is 2.50 bits per heavy atom. The van der Waals surface area contributed by atoms with Crippen LogP contribution in [0.5, 0.6) is 11.5 Å². The average Bonchev–Trinajstić information content (AvgIpc) is 2.66. The Balaban J connectivity index is 1.57. The molecule has 0 saturated carbocycles. The van der Waals surface area contributed by atoms with Crippen molar-refractivity contribution in [3.05, 3.63) is 48.0 Å². The third kappa shape index (κ3) is 4.05. The molecule has 0 aromatic heterocycles. The summed E-state index contributed by atoms with van der Waals surface area (Å²) in [6.07, 6.45) is 0. The minimum atomic E-state index is -0.203. The second kappa shape index (κ2) is 7.77. The lowest BCUT2D eigenvalue weighted by molar-refractivity contribution is -0.114. The highest BCUT2D eigenvalue weighted by Gasteiger charge is 2.16. The second-order valence-corrected chi connectivity index (χ2v) is 6.01. The van der Waals surface area contributed by atoms with Crippen molar-refractivity contribution in [2.24, 2.45) is 0 Å². The first-order chi connectivity index (χ1) is 12.5. The molecule has 0 aliphatic carbocycles. The zero-order valence-corrected chi connectivity index (χ0v) is 14.7. The van der Waals surface area contributed by atoms with Gasteiger partial charge >= 0.3 is 0 Å². The van der Waals surface area contributed by atoms with Gasteiger partial charge in [0.1, 0.15) is 13.2 Å². The molecule has 0 fully saturated rings. The Kier molecular flexibility index (Phi) is 5.26. The fourth-order valence-electron chi connectivity index (χ4n) is 2.55. The Bertz CT molecular complexity index is 803. The Morgan fingerprint density at radius 2 is 1.77 bits per heavy atom. The lowest BCUT2D eigenvalue weighted by Gasteiger charge is -2.21. The lowest BCUT2D eigenvalue weighted by atomic mass is 10.2. The molecule has 1 aliphatic heterocycles. The zero-order valence-electron chi connectivity index (χ0n) is 14.7. The van der Waals surface area contributed by atoms with Gasteiger partial charge in [0.05, 0.1) is 12.2 Å². The average molecular weight is 355 g/mol. The van der Waals surface area contributed by atoms with E-state index in [9.17, 15) is 9.59 Å². The van der Waals surface area contributed by atoms with Crippen molar-refractivity contribution < 1.29 is 19.1 Å². The number of hydrogen-bond donors (Lipinski definition) is 2. The van der Waals surface area contributed by atoms with Crippen LogP contribution in [0, 0.1) is 0 Å². The lowest BCUT2D eigenvalue weighted by Crippen LogP contribution is -2.23. The zero-order chi connectivity index (χ0) is 18.5. The summed E-state index contributed by atoms with van der Waals surface area (Å²) in [4.78, 5) is 25.5. The van der Waals surface area contributed by atoms with Crippen molar-refractivity contribution in [2.45, 2.75) is 0 Å². The maximum Gasteiger partial charge on any atom is 0.253 e. The van der Waals surface area contributed by atoms with Crippen LogP contribution in [-0.2, 0) is 4.79 Å². The fraction of sp³-hybridized carbons (Fsp3) is 0.263. The molecule has 1 aliphatic rings. The molecule has 0 radical (unpaired) electrons. The first-order valence-electron chi connectivity index (χ1n) is 8.28. The smallest absolute Gasteiger partial charge is 0.253 e. The number of benzene rings is 2. The molecule has 136 valence electrons. The van der Waals surface area contributed by atoms with E-state index in [1.807, 2.05) is 18.2 Å². The first kappa shape index (κ1) is 17.6. The van der Waals surface area contributed by atoms with E-state index in [0.717, 1.165) is 0 Å². The number of nitrogens with zero attached hydrogens (tertiary/aromatic N) is 1. The minimum Gasteiger partial charge on any atom is -0.486 e. The van der Waals surface area contributed by atoms with Gasteiger partial charge in [-0.15, -0.1) is 0 Å². The van der Waals surface area contributed by atoms with Crippen molar-refractivity contribution in [3.8, 4) is 11.5 Å². The van der Waals surface area contributed by atoms with Crippen LogP contribution in [0.15, 0.2) is 42.5 Å². The maximum absolute atomic E-state index is 12.2. The van der Waals surface area contributed by atoms with Crippen molar-refractivity contribution in [1.29, 1.82) is 0 Å². The van der Waals surface area contributed by atoms with Gasteiger partial charge in [0.2, 0.25) is 5.91 Å². The number of anilines is 2. The van der Waals surface area contributed by atoms with Gasteiger partial charge < -0.3 is 25.0 Å². The van der Waals surface area contributed by atoms with Crippen LogP contribution in [0.1, 0.15) is 10.4 Å². The largest absolute Gasteiger partial charge is 0.486 e. The molecule has 2 N–H and O–H groups in total. The van der Waals surface area contributed by atoms with Crippen LogP contribution in [0.3, 0.4) is 0 Å². The van der Waals surface area contributed by atoms with Crippen LogP contribution < -0.4 is 20.1 Å². The summed E-state index contributed by atoms with van der Waals surface area (Å²) in [7, 11) is 3.39. The number of para-hydroxylation sites is 1. The topological polar surface area (TPSA) is 79.9 Å². The number of nitrogens with one attached hydrogen (secondary N) is 2.